The summed E-state index contributed by atoms with van der Waals surface area (Å²) in [6, 6.07) is 14.9. The van der Waals surface area contributed by atoms with Gasteiger partial charge in [-0.1, -0.05) is 23.7 Å². The van der Waals surface area contributed by atoms with Crippen molar-refractivity contribution in [3.05, 3.63) is 59.4 Å². The number of hydrogen-bond acceptors (Lipinski definition) is 4. The number of hydrogen-bond donors (Lipinski definition) is 1. The fourth-order valence-electron chi connectivity index (χ4n) is 3.51. The summed E-state index contributed by atoms with van der Waals surface area (Å²) in [6.45, 7) is 1.49. The van der Waals surface area contributed by atoms with Crippen molar-refractivity contribution < 1.29 is 14.6 Å². The summed E-state index contributed by atoms with van der Waals surface area (Å²) in [5, 5.41) is 10.5. The van der Waals surface area contributed by atoms with Crippen molar-refractivity contribution in [2.24, 2.45) is 0 Å². The monoisotopic (exact) mass is 399 g/mol. The average Bonchev–Trinajstić information content (AvgIpc) is 3.05. The summed E-state index contributed by atoms with van der Waals surface area (Å²) in [6.07, 6.45) is 1.13. The van der Waals surface area contributed by atoms with E-state index in [1.807, 2.05) is 28.8 Å². The van der Waals surface area contributed by atoms with E-state index in [0.717, 1.165) is 23.9 Å². The zero-order valence-electron chi connectivity index (χ0n) is 15.4. The molecule has 7 heteroatoms. The number of aliphatic hydroxyl groups is 1. The molecule has 0 spiro atoms. The van der Waals surface area contributed by atoms with Gasteiger partial charge in [-0.25, -0.2) is 4.98 Å². The van der Waals surface area contributed by atoms with Crippen LogP contribution in [-0.2, 0) is 17.9 Å². The Balaban J connectivity index is 1.56. The van der Waals surface area contributed by atoms with Crippen LogP contribution < -0.4 is 4.74 Å². The highest BCUT2D eigenvalue weighted by Gasteiger charge is 2.23. The van der Waals surface area contributed by atoms with E-state index in [1.54, 1.807) is 29.2 Å². The summed E-state index contributed by atoms with van der Waals surface area (Å²) in [5.74, 6) is 1.35. The molecule has 1 aromatic heterocycles. The van der Waals surface area contributed by atoms with Gasteiger partial charge in [-0.05, 0) is 49.2 Å². The number of ether oxygens (including phenoxy) is 1. The Bertz CT molecular complexity index is 971. The van der Waals surface area contributed by atoms with E-state index in [2.05, 4.69) is 4.98 Å². The first kappa shape index (κ1) is 18.8. The lowest BCUT2D eigenvalue weighted by atomic mass is 10.1. The number of piperidine rings is 1. The highest BCUT2D eigenvalue weighted by Crippen LogP contribution is 2.21. The zero-order valence-corrected chi connectivity index (χ0v) is 16.2. The third-order valence-corrected chi connectivity index (χ3v) is 5.21. The number of halogens is 1. The maximum absolute atomic E-state index is 12.8. The minimum atomic E-state index is -0.440. The normalized spacial score (nSPS) is 17.1. The second-order valence-corrected chi connectivity index (χ2v) is 7.42. The number of para-hydroxylation sites is 2. The van der Waals surface area contributed by atoms with Crippen LogP contribution in [0.1, 0.15) is 18.7 Å². The lowest BCUT2D eigenvalue weighted by Crippen LogP contribution is -2.43. The van der Waals surface area contributed by atoms with E-state index in [0.29, 0.717) is 29.7 Å². The van der Waals surface area contributed by atoms with Gasteiger partial charge in [0, 0.05) is 18.1 Å². The van der Waals surface area contributed by atoms with Gasteiger partial charge in [-0.3, -0.25) is 4.79 Å². The van der Waals surface area contributed by atoms with Gasteiger partial charge < -0.3 is 19.3 Å². The summed E-state index contributed by atoms with van der Waals surface area (Å²) in [7, 11) is 0. The molecule has 0 saturated carbocycles. The van der Waals surface area contributed by atoms with E-state index < -0.39 is 6.10 Å². The predicted molar refractivity (Wildman–Crippen MR) is 107 cm³/mol. The van der Waals surface area contributed by atoms with Crippen molar-refractivity contribution >= 4 is 28.5 Å². The van der Waals surface area contributed by atoms with Crippen LogP contribution in [0, 0.1) is 0 Å². The van der Waals surface area contributed by atoms with Crippen LogP contribution in [0.4, 0.5) is 0 Å². The first-order valence-corrected chi connectivity index (χ1v) is 9.76. The van der Waals surface area contributed by atoms with Crippen LogP contribution in [0.25, 0.3) is 11.0 Å². The van der Waals surface area contributed by atoms with Crippen LogP contribution in [0.2, 0.25) is 5.02 Å². The first-order chi connectivity index (χ1) is 13.6. The number of carbonyl (C=O) groups is 1. The smallest absolute Gasteiger partial charge is 0.242 e. The van der Waals surface area contributed by atoms with E-state index in [9.17, 15) is 9.90 Å². The average molecular weight is 400 g/mol. The van der Waals surface area contributed by atoms with Gasteiger partial charge >= 0.3 is 0 Å². The number of imidazole rings is 1. The van der Waals surface area contributed by atoms with Gasteiger partial charge in [0.1, 0.15) is 24.7 Å². The molecule has 1 fully saturated rings. The summed E-state index contributed by atoms with van der Waals surface area (Å²) >= 11 is 5.92. The van der Waals surface area contributed by atoms with Gasteiger partial charge in [0.15, 0.2) is 0 Å². The molecule has 1 aliphatic rings. The van der Waals surface area contributed by atoms with Crippen molar-refractivity contribution in [2.45, 2.75) is 32.1 Å². The molecule has 2 aromatic carbocycles. The van der Waals surface area contributed by atoms with Crippen LogP contribution in [0.5, 0.6) is 5.75 Å². The Morgan fingerprint density at radius 3 is 2.79 bits per heavy atom. The highest BCUT2D eigenvalue weighted by atomic mass is 35.5. The highest BCUT2D eigenvalue weighted by molar-refractivity contribution is 6.30. The number of benzene rings is 2. The number of fused-ring (bicyclic) bond motifs is 1. The molecule has 1 amide bonds. The molecule has 3 aromatic rings. The Labute approximate surface area is 168 Å². The lowest BCUT2D eigenvalue weighted by molar-refractivity contribution is -0.134. The number of β-amino-alcohol motifs (C(OH)–C–C–N with tert-alkyl or cyclic N) is 1. The molecule has 2 heterocycles. The molecule has 0 aliphatic carbocycles. The molecule has 146 valence electrons. The quantitative estimate of drug-likeness (QED) is 0.715. The minimum absolute atomic E-state index is 0.0188. The molecule has 1 atom stereocenters. The van der Waals surface area contributed by atoms with Crippen molar-refractivity contribution in [1.82, 2.24) is 14.5 Å². The largest absolute Gasteiger partial charge is 0.486 e. The molecule has 6 nitrogen and oxygen atoms in total. The van der Waals surface area contributed by atoms with Crippen molar-refractivity contribution in [2.75, 3.05) is 13.1 Å². The Hall–Kier alpha value is -2.57. The SMILES string of the molecule is O=C(Cn1c(COc2ccc(Cl)cc2)nc2ccccc21)N1CCC[C@H](O)C1. The van der Waals surface area contributed by atoms with Crippen molar-refractivity contribution in [1.29, 1.82) is 0 Å². The van der Waals surface area contributed by atoms with Crippen LogP contribution >= 0.6 is 11.6 Å². The van der Waals surface area contributed by atoms with Crippen LogP contribution in [-0.4, -0.2) is 44.7 Å². The molecule has 4 rings (SSSR count). The van der Waals surface area contributed by atoms with E-state index in [-0.39, 0.29) is 19.1 Å². The number of nitrogens with zero attached hydrogens (tertiary/aromatic N) is 3. The fraction of sp³-hybridized carbons (Fsp3) is 0.333. The van der Waals surface area contributed by atoms with Gasteiger partial charge in [0.05, 0.1) is 17.1 Å². The number of aliphatic hydroxyl groups excluding tert-OH is 1. The number of rotatable bonds is 5. The number of aromatic nitrogens is 2. The van der Waals surface area contributed by atoms with Gasteiger partial charge in [0.25, 0.3) is 0 Å². The van der Waals surface area contributed by atoms with E-state index in [1.165, 1.54) is 0 Å². The second-order valence-electron chi connectivity index (χ2n) is 6.98. The Morgan fingerprint density at radius 1 is 1.21 bits per heavy atom. The molecule has 1 saturated heterocycles. The molecule has 0 radical (unpaired) electrons. The van der Waals surface area contributed by atoms with Gasteiger partial charge in [0.2, 0.25) is 5.91 Å². The molecule has 1 aliphatic heterocycles. The second kappa shape index (κ2) is 8.20. The molecular formula is C21H22ClN3O3. The zero-order chi connectivity index (χ0) is 19.5. The van der Waals surface area contributed by atoms with Gasteiger partial charge in [-0.15, -0.1) is 0 Å². The molecule has 0 bridgehead atoms. The summed E-state index contributed by atoms with van der Waals surface area (Å²) < 4.78 is 7.75. The summed E-state index contributed by atoms with van der Waals surface area (Å²) in [4.78, 5) is 19.2. The molecule has 1 N–H and O–H groups in total. The minimum Gasteiger partial charge on any atom is -0.486 e. The van der Waals surface area contributed by atoms with E-state index in [4.69, 9.17) is 16.3 Å². The first-order valence-electron chi connectivity index (χ1n) is 9.38. The molecule has 0 unspecified atom stereocenters. The van der Waals surface area contributed by atoms with E-state index >= 15 is 0 Å². The molecular weight excluding hydrogens is 378 g/mol. The van der Waals surface area contributed by atoms with Gasteiger partial charge in [-0.2, -0.15) is 0 Å². The standard InChI is InChI=1S/C21H22ClN3O3/c22-15-7-9-17(10-8-15)28-14-20-23-18-5-1-2-6-19(18)25(20)13-21(27)24-11-3-4-16(26)12-24/h1-2,5-10,16,26H,3-4,11-14H2/t16-/m0/s1. The van der Waals surface area contributed by atoms with Crippen LogP contribution in [0.3, 0.4) is 0 Å². The maximum atomic E-state index is 12.8. The summed E-state index contributed by atoms with van der Waals surface area (Å²) in [5.41, 5.74) is 1.71. The Morgan fingerprint density at radius 2 is 2.00 bits per heavy atom. The number of likely N-dealkylation sites (tertiary alicyclic amines) is 1. The topological polar surface area (TPSA) is 67.6 Å². The maximum Gasteiger partial charge on any atom is 0.242 e. The number of amides is 1. The van der Waals surface area contributed by atoms with Crippen LogP contribution in [0.15, 0.2) is 48.5 Å². The van der Waals surface area contributed by atoms with Crippen molar-refractivity contribution in [3.8, 4) is 5.75 Å². The third-order valence-electron chi connectivity index (χ3n) is 4.96. The number of carbonyl (C=O) groups excluding carboxylic acids is 1. The van der Waals surface area contributed by atoms with Crippen molar-refractivity contribution in [3.63, 3.8) is 0 Å². The lowest BCUT2D eigenvalue weighted by Gasteiger charge is -2.30. The Kier molecular flexibility index (Phi) is 5.50. The molecule has 28 heavy (non-hydrogen) atoms. The predicted octanol–water partition coefficient (Wildman–Crippen LogP) is 3.25. The third kappa shape index (κ3) is 4.13. The fourth-order valence-corrected chi connectivity index (χ4v) is 3.63.